The molecule has 2 atom stereocenters. The van der Waals surface area contributed by atoms with E-state index in [1.807, 2.05) is 0 Å². The van der Waals surface area contributed by atoms with Gasteiger partial charge in [-0.15, -0.1) is 0 Å². The Bertz CT molecular complexity index is 735. The van der Waals surface area contributed by atoms with Gasteiger partial charge in [-0.05, 0) is 31.4 Å². The number of ether oxygens (including phenoxy) is 1. The van der Waals surface area contributed by atoms with Gasteiger partial charge in [0.2, 0.25) is 5.12 Å². The minimum atomic E-state index is -0.790. The fourth-order valence-corrected chi connectivity index (χ4v) is 4.24. The van der Waals surface area contributed by atoms with Crippen molar-refractivity contribution in [1.29, 1.82) is 0 Å². The Morgan fingerprint density at radius 1 is 1.19 bits per heavy atom. The van der Waals surface area contributed by atoms with E-state index < -0.39 is 24.1 Å². The maximum Gasteiger partial charge on any atom is 0.338 e. The van der Waals surface area contributed by atoms with E-state index in [4.69, 9.17) is 4.74 Å². The molecular weight excluding hydrogens is 356 g/mol. The Labute approximate surface area is 155 Å². The lowest BCUT2D eigenvalue weighted by molar-refractivity contribution is -0.129. The molecule has 26 heavy (non-hydrogen) atoms. The van der Waals surface area contributed by atoms with Gasteiger partial charge in [0.15, 0.2) is 5.78 Å². The van der Waals surface area contributed by atoms with E-state index in [1.165, 1.54) is 13.2 Å². The van der Waals surface area contributed by atoms with Gasteiger partial charge in [-0.2, -0.15) is 0 Å². The number of rotatable bonds is 4. The maximum atomic E-state index is 12.8. The number of thioether (sulfide) groups is 1. The van der Waals surface area contributed by atoms with Crippen LogP contribution in [0, 0.1) is 0 Å². The van der Waals surface area contributed by atoms with Crippen molar-refractivity contribution >= 4 is 34.5 Å². The topological polar surface area (TPSA) is 92.8 Å². The zero-order valence-electron chi connectivity index (χ0n) is 14.4. The number of nitrogens with one attached hydrogen (secondary N) is 1. The van der Waals surface area contributed by atoms with E-state index in [2.05, 4.69) is 5.32 Å². The summed E-state index contributed by atoms with van der Waals surface area (Å²) in [5.41, 5.74) is 0.391. The molecule has 2 heterocycles. The molecule has 1 aromatic rings. The Morgan fingerprint density at radius 2 is 1.92 bits per heavy atom. The fraction of sp³-hybridized carbons (Fsp3) is 0.444. The number of nitrogens with zero attached hydrogens (tertiary/aromatic N) is 1. The summed E-state index contributed by atoms with van der Waals surface area (Å²) in [5, 5.41) is 2.73. The van der Waals surface area contributed by atoms with Gasteiger partial charge >= 0.3 is 5.97 Å². The van der Waals surface area contributed by atoms with Crippen LogP contribution in [0.25, 0.3) is 0 Å². The van der Waals surface area contributed by atoms with Gasteiger partial charge in [0.1, 0.15) is 6.04 Å². The van der Waals surface area contributed by atoms with Crippen molar-refractivity contribution in [3.8, 4) is 0 Å². The van der Waals surface area contributed by atoms with Crippen LogP contribution < -0.4 is 5.32 Å². The van der Waals surface area contributed by atoms with E-state index in [0.717, 1.165) is 24.6 Å². The van der Waals surface area contributed by atoms with E-state index in [0.29, 0.717) is 13.0 Å². The second-order valence-electron chi connectivity index (χ2n) is 6.24. The Morgan fingerprint density at radius 3 is 2.58 bits per heavy atom. The predicted octanol–water partition coefficient (Wildman–Crippen LogP) is 1.23. The summed E-state index contributed by atoms with van der Waals surface area (Å²) in [6, 6.07) is 5.61. The van der Waals surface area contributed by atoms with Crippen LogP contribution in [-0.4, -0.2) is 59.3 Å². The largest absolute Gasteiger partial charge is 0.465 e. The highest BCUT2D eigenvalue weighted by Gasteiger charge is 2.42. The summed E-state index contributed by atoms with van der Waals surface area (Å²) in [6.45, 7) is 0.576. The first-order valence-electron chi connectivity index (χ1n) is 8.46. The van der Waals surface area contributed by atoms with Gasteiger partial charge in [0.25, 0.3) is 5.91 Å². The Balaban J connectivity index is 1.80. The SMILES string of the molecule is COC(=O)c1ccccc1C(=O)NC1CCCCN1C1C(=O)CSC1=O. The molecule has 0 saturated carbocycles. The second-order valence-corrected chi connectivity index (χ2v) is 7.22. The Kier molecular flexibility index (Phi) is 5.73. The molecule has 3 rings (SSSR count). The van der Waals surface area contributed by atoms with Crippen molar-refractivity contribution in [2.75, 3.05) is 19.4 Å². The molecule has 8 heteroatoms. The molecule has 1 N–H and O–H groups in total. The molecule has 7 nitrogen and oxygen atoms in total. The van der Waals surface area contributed by atoms with Crippen molar-refractivity contribution in [2.45, 2.75) is 31.5 Å². The van der Waals surface area contributed by atoms with Crippen LogP contribution in [0.3, 0.4) is 0 Å². The zero-order valence-corrected chi connectivity index (χ0v) is 15.2. The maximum absolute atomic E-state index is 12.8. The molecule has 0 aromatic heterocycles. The number of Topliss-reactive ketones (excluding diaryl/α,β-unsaturated/α-hetero) is 1. The van der Waals surface area contributed by atoms with Gasteiger partial charge in [-0.1, -0.05) is 23.9 Å². The fourth-order valence-electron chi connectivity index (χ4n) is 3.37. The van der Waals surface area contributed by atoms with Gasteiger partial charge in [0.05, 0.1) is 30.2 Å². The van der Waals surface area contributed by atoms with Crippen molar-refractivity contribution in [2.24, 2.45) is 0 Å². The third-order valence-corrected chi connectivity index (χ3v) is 5.57. The van der Waals surface area contributed by atoms with Crippen molar-refractivity contribution < 1.29 is 23.9 Å². The number of ketones is 1. The molecule has 2 aliphatic rings. The molecule has 2 saturated heterocycles. The molecule has 1 amide bonds. The van der Waals surface area contributed by atoms with Crippen molar-refractivity contribution in [3.63, 3.8) is 0 Å². The first-order chi connectivity index (χ1) is 12.5. The summed E-state index contributed by atoms with van der Waals surface area (Å²) in [7, 11) is 1.26. The molecule has 1 aromatic carbocycles. The highest BCUT2D eigenvalue weighted by atomic mass is 32.2. The van der Waals surface area contributed by atoms with Crippen molar-refractivity contribution in [1.82, 2.24) is 10.2 Å². The highest BCUT2D eigenvalue weighted by Crippen LogP contribution is 2.27. The van der Waals surface area contributed by atoms with Crippen LogP contribution >= 0.6 is 11.8 Å². The van der Waals surface area contributed by atoms with Crippen LogP contribution in [0.1, 0.15) is 40.0 Å². The van der Waals surface area contributed by atoms with E-state index in [-0.39, 0.29) is 27.8 Å². The molecule has 0 bridgehead atoms. The number of methoxy groups -OCH3 is 1. The third-order valence-electron chi connectivity index (χ3n) is 4.64. The number of hydrogen-bond acceptors (Lipinski definition) is 7. The molecule has 0 radical (unpaired) electrons. The summed E-state index contributed by atoms with van der Waals surface area (Å²) >= 11 is 1.03. The number of esters is 1. The number of hydrogen-bond donors (Lipinski definition) is 1. The van der Waals surface area contributed by atoms with Crippen LogP contribution in [0.4, 0.5) is 0 Å². The average Bonchev–Trinajstić information content (AvgIpc) is 3.00. The van der Waals surface area contributed by atoms with Crippen molar-refractivity contribution in [3.05, 3.63) is 35.4 Å². The summed E-state index contributed by atoms with van der Waals surface area (Å²) in [5.74, 6) is -0.940. The van der Waals surface area contributed by atoms with Crippen LogP contribution in [0.5, 0.6) is 0 Å². The monoisotopic (exact) mass is 376 g/mol. The van der Waals surface area contributed by atoms with Crippen LogP contribution in [0.15, 0.2) is 24.3 Å². The normalized spacial score (nSPS) is 23.7. The molecule has 138 valence electrons. The lowest BCUT2D eigenvalue weighted by Crippen LogP contribution is -2.57. The molecule has 2 unspecified atom stereocenters. The summed E-state index contributed by atoms with van der Waals surface area (Å²) in [6.07, 6.45) is 1.99. The van der Waals surface area contributed by atoms with Gasteiger partial charge in [0, 0.05) is 6.54 Å². The molecule has 0 spiro atoms. The zero-order chi connectivity index (χ0) is 18.7. The average molecular weight is 376 g/mol. The first-order valence-corrected chi connectivity index (χ1v) is 9.45. The smallest absolute Gasteiger partial charge is 0.338 e. The first kappa shape index (κ1) is 18.6. The number of carbonyl (C=O) groups excluding carboxylic acids is 4. The van der Waals surface area contributed by atoms with E-state index in [1.54, 1.807) is 23.1 Å². The molecule has 2 fully saturated rings. The third kappa shape index (κ3) is 3.66. The lowest BCUT2D eigenvalue weighted by Gasteiger charge is -2.38. The highest BCUT2D eigenvalue weighted by molar-refractivity contribution is 8.15. The van der Waals surface area contributed by atoms with E-state index >= 15 is 0 Å². The molecule has 2 aliphatic heterocycles. The number of benzene rings is 1. The minimum Gasteiger partial charge on any atom is -0.465 e. The van der Waals surface area contributed by atoms with Gasteiger partial charge in [-0.3, -0.25) is 19.3 Å². The number of likely N-dealkylation sites (tertiary alicyclic amines) is 1. The Hall–Kier alpha value is -2.19. The number of amides is 1. The molecular formula is C18H20N2O5S. The minimum absolute atomic E-state index is 0.115. The summed E-state index contributed by atoms with van der Waals surface area (Å²) in [4.78, 5) is 50.6. The van der Waals surface area contributed by atoms with Crippen LogP contribution in [-0.2, 0) is 14.3 Å². The molecule has 0 aliphatic carbocycles. The predicted molar refractivity (Wildman–Crippen MR) is 95.9 cm³/mol. The lowest BCUT2D eigenvalue weighted by atomic mass is 10.0. The standard InChI is InChI=1S/C18H20N2O5S/c1-25-17(23)12-7-3-2-6-11(12)16(22)19-14-8-4-5-9-20(14)15-13(21)10-26-18(15)24/h2-3,6-7,14-15H,4-5,8-10H2,1H3,(H,19,22). The quantitative estimate of drug-likeness (QED) is 0.624. The van der Waals surface area contributed by atoms with Gasteiger partial charge < -0.3 is 10.1 Å². The van der Waals surface area contributed by atoms with Crippen LogP contribution in [0.2, 0.25) is 0 Å². The van der Waals surface area contributed by atoms with E-state index in [9.17, 15) is 19.2 Å². The summed E-state index contributed by atoms with van der Waals surface area (Å²) < 4.78 is 4.73. The second kappa shape index (κ2) is 8.01. The number of carbonyl (C=O) groups is 4. The van der Waals surface area contributed by atoms with Gasteiger partial charge in [-0.25, -0.2) is 4.79 Å². The number of piperidine rings is 1.